The summed E-state index contributed by atoms with van der Waals surface area (Å²) < 4.78 is 43.4. The molecule has 0 atom stereocenters. The van der Waals surface area contributed by atoms with Crippen LogP contribution in [0.4, 0.5) is 18.9 Å². The molecule has 0 saturated carbocycles. The Morgan fingerprint density at radius 2 is 1.77 bits per heavy atom. The van der Waals surface area contributed by atoms with Crippen LogP contribution in [-0.4, -0.2) is 12.9 Å². The number of aryl methyl sites for hydroxylation is 1. The van der Waals surface area contributed by atoms with Crippen molar-refractivity contribution in [2.45, 2.75) is 13.1 Å². The number of carbonyl (C=O) groups is 1. The molecule has 2 rings (SSSR count). The molecule has 0 aliphatic carbocycles. The Balaban J connectivity index is 2.54. The van der Waals surface area contributed by atoms with Crippen molar-refractivity contribution >= 4 is 11.5 Å². The van der Waals surface area contributed by atoms with Crippen LogP contribution in [0.1, 0.15) is 27.0 Å². The number of alkyl halides is 3. The second-order valence-electron chi connectivity index (χ2n) is 4.81. The maximum Gasteiger partial charge on any atom is 0.416 e. The van der Waals surface area contributed by atoms with Gasteiger partial charge in [0.1, 0.15) is 5.75 Å². The largest absolute Gasteiger partial charge is 0.497 e. The van der Waals surface area contributed by atoms with Crippen LogP contribution >= 0.6 is 0 Å². The van der Waals surface area contributed by atoms with Gasteiger partial charge >= 0.3 is 6.18 Å². The molecular formula is C16H14F3NO2. The highest BCUT2D eigenvalue weighted by atomic mass is 19.4. The van der Waals surface area contributed by atoms with Crippen LogP contribution < -0.4 is 10.5 Å². The molecule has 0 aliphatic heterocycles. The zero-order valence-electron chi connectivity index (χ0n) is 12.0. The van der Waals surface area contributed by atoms with Crippen molar-refractivity contribution in [2.75, 3.05) is 12.8 Å². The number of hydrogen-bond donors (Lipinski definition) is 1. The maximum absolute atomic E-state index is 12.8. The smallest absolute Gasteiger partial charge is 0.416 e. The molecule has 2 aromatic rings. The van der Waals surface area contributed by atoms with Crippen molar-refractivity contribution < 1.29 is 22.7 Å². The molecule has 0 saturated heterocycles. The number of anilines is 1. The van der Waals surface area contributed by atoms with Crippen LogP contribution in [0.15, 0.2) is 36.4 Å². The quantitative estimate of drug-likeness (QED) is 0.692. The summed E-state index contributed by atoms with van der Waals surface area (Å²) >= 11 is 0. The first-order chi connectivity index (χ1) is 10.2. The molecule has 0 unspecified atom stereocenters. The van der Waals surface area contributed by atoms with Gasteiger partial charge in [0.2, 0.25) is 0 Å². The molecular weight excluding hydrogens is 295 g/mol. The highest BCUT2D eigenvalue weighted by Gasteiger charge is 2.31. The van der Waals surface area contributed by atoms with E-state index >= 15 is 0 Å². The number of carbonyl (C=O) groups excluding carboxylic acids is 1. The Bertz CT molecular complexity index is 724. The zero-order valence-corrected chi connectivity index (χ0v) is 12.0. The fourth-order valence-corrected chi connectivity index (χ4v) is 2.05. The third-order valence-corrected chi connectivity index (χ3v) is 3.31. The third-order valence-electron chi connectivity index (χ3n) is 3.31. The van der Waals surface area contributed by atoms with Gasteiger partial charge in [-0.15, -0.1) is 0 Å². The summed E-state index contributed by atoms with van der Waals surface area (Å²) in [5, 5.41) is 0. The standard InChI is InChI=1S/C16H14F3NO2/c1-9-3-4-10(16(17,18)19)7-12(9)15(21)13-8-11(22-2)5-6-14(13)20/h3-8H,20H2,1-2H3. The molecule has 0 heterocycles. The van der Waals surface area contributed by atoms with Crippen LogP contribution in [0.2, 0.25) is 0 Å². The van der Waals surface area contributed by atoms with Crippen LogP contribution in [-0.2, 0) is 6.18 Å². The van der Waals surface area contributed by atoms with Gasteiger partial charge in [-0.2, -0.15) is 13.2 Å². The molecule has 0 bridgehead atoms. The molecule has 6 heteroatoms. The molecule has 3 nitrogen and oxygen atoms in total. The number of ether oxygens (including phenoxy) is 1. The summed E-state index contributed by atoms with van der Waals surface area (Å²) in [5.41, 5.74) is 5.59. The molecule has 22 heavy (non-hydrogen) atoms. The fraction of sp³-hybridized carbons (Fsp3) is 0.188. The first-order valence-electron chi connectivity index (χ1n) is 6.40. The fourth-order valence-electron chi connectivity index (χ4n) is 2.05. The lowest BCUT2D eigenvalue weighted by Crippen LogP contribution is -2.11. The van der Waals surface area contributed by atoms with Crippen molar-refractivity contribution in [3.05, 3.63) is 58.7 Å². The Labute approximate surface area is 125 Å². The number of benzene rings is 2. The van der Waals surface area contributed by atoms with Crippen LogP contribution in [0.5, 0.6) is 5.75 Å². The van der Waals surface area contributed by atoms with E-state index in [4.69, 9.17) is 10.5 Å². The minimum atomic E-state index is -4.51. The number of rotatable bonds is 3. The van der Waals surface area contributed by atoms with Gasteiger partial charge in [-0.05, 0) is 42.8 Å². The molecule has 0 aliphatic rings. The molecule has 2 aromatic carbocycles. The van der Waals surface area contributed by atoms with Crippen LogP contribution in [0.25, 0.3) is 0 Å². The van der Waals surface area contributed by atoms with E-state index in [1.807, 2.05) is 0 Å². The van der Waals surface area contributed by atoms with Crippen molar-refractivity contribution in [3.63, 3.8) is 0 Å². The number of nitrogens with two attached hydrogens (primary N) is 1. The highest BCUT2D eigenvalue weighted by molar-refractivity contribution is 6.13. The number of methoxy groups -OCH3 is 1. The van der Waals surface area contributed by atoms with E-state index in [1.165, 1.54) is 25.3 Å². The van der Waals surface area contributed by atoms with Gasteiger partial charge in [0.25, 0.3) is 0 Å². The normalized spacial score (nSPS) is 11.3. The van der Waals surface area contributed by atoms with Gasteiger partial charge in [0.15, 0.2) is 5.78 Å². The van der Waals surface area contributed by atoms with Gasteiger partial charge in [-0.25, -0.2) is 0 Å². The van der Waals surface area contributed by atoms with Gasteiger partial charge in [0, 0.05) is 16.8 Å². The Morgan fingerprint density at radius 1 is 1.09 bits per heavy atom. The van der Waals surface area contributed by atoms with Crippen LogP contribution in [0.3, 0.4) is 0 Å². The summed E-state index contributed by atoms with van der Waals surface area (Å²) in [6.45, 7) is 1.57. The topological polar surface area (TPSA) is 52.3 Å². The predicted octanol–water partition coefficient (Wildman–Crippen LogP) is 3.84. The zero-order chi connectivity index (χ0) is 16.5. The minimum Gasteiger partial charge on any atom is -0.497 e. The highest BCUT2D eigenvalue weighted by Crippen LogP contribution is 2.32. The Morgan fingerprint density at radius 3 is 2.36 bits per heavy atom. The summed E-state index contributed by atoms with van der Waals surface area (Å²) in [7, 11) is 1.43. The molecule has 0 amide bonds. The Kier molecular flexibility index (Phi) is 4.12. The molecule has 0 radical (unpaired) electrons. The molecule has 116 valence electrons. The molecule has 2 N–H and O–H groups in total. The van der Waals surface area contributed by atoms with Crippen molar-refractivity contribution in [1.82, 2.24) is 0 Å². The van der Waals surface area contributed by atoms with Crippen molar-refractivity contribution in [1.29, 1.82) is 0 Å². The van der Waals surface area contributed by atoms with Gasteiger partial charge in [-0.1, -0.05) is 6.07 Å². The van der Waals surface area contributed by atoms with E-state index in [0.29, 0.717) is 11.3 Å². The summed E-state index contributed by atoms with van der Waals surface area (Å²) in [4.78, 5) is 12.5. The summed E-state index contributed by atoms with van der Waals surface area (Å²) in [6.07, 6.45) is -4.51. The second kappa shape index (κ2) is 5.71. The molecule has 0 fully saturated rings. The minimum absolute atomic E-state index is 0.0326. The first kappa shape index (κ1) is 15.9. The van der Waals surface area contributed by atoms with Crippen molar-refractivity contribution in [2.24, 2.45) is 0 Å². The van der Waals surface area contributed by atoms with Crippen molar-refractivity contribution in [3.8, 4) is 5.75 Å². The second-order valence-corrected chi connectivity index (χ2v) is 4.81. The van der Waals surface area contributed by atoms with E-state index in [-0.39, 0.29) is 16.8 Å². The lowest BCUT2D eigenvalue weighted by Gasteiger charge is -2.12. The number of hydrogen-bond acceptors (Lipinski definition) is 3. The number of nitrogen functional groups attached to an aromatic ring is 1. The van der Waals surface area contributed by atoms with Gasteiger partial charge < -0.3 is 10.5 Å². The van der Waals surface area contributed by atoms with E-state index < -0.39 is 17.5 Å². The average molecular weight is 309 g/mol. The van der Waals surface area contributed by atoms with Gasteiger partial charge in [-0.3, -0.25) is 4.79 Å². The van der Waals surface area contributed by atoms with E-state index in [1.54, 1.807) is 13.0 Å². The monoisotopic (exact) mass is 309 g/mol. The third kappa shape index (κ3) is 3.05. The van der Waals surface area contributed by atoms with E-state index in [0.717, 1.165) is 12.1 Å². The average Bonchev–Trinajstić information content (AvgIpc) is 2.46. The lowest BCUT2D eigenvalue weighted by molar-refractivity contribution is -0.137. The lowest BCUT2D eigenvalue weighted by atomic mass is 9.96. The Hall–Kier alpha value is -2.50. The van der Waals surface area contributed by atoms with E-state index in [2.05, 4.69) is 0 Å². The van der Waals surface area contributed by atoms with Crippen LogP contribution in [0, 0.1) is 6.92 Å². The number of halogens is 3. The van der Waals surface area contributed by atoms with E-state index in [9.17, 15) is 18.0 Å². The summed E-state index contributed by atoms with van der Waals surface area (Å²) in [6, 6.07) is 7.53. The predicted molar refractivity (Wildman–Crippen MR) is 77.0 cm³/mol. The summed E-state index contributed by atoms with van der Waals surface area (Å²) in [5.74, 6) is -0.165. The van der Waals surface area contributed by atoms with Gasteiger partial charge in [0.05, 0.1) is 12.7 Å². The first-order valence-corrected chi connectivity index (χ1v) is 6.40. The number of ketones is 1. The molecule has 0 spiro atoms. The molecule has 0 aromatic heterocycles. The maximum atomic E-state index is 12.8. The SMILES string of the molecule is COc1ccc(N)c(C(=O)c2cc(C(F)(F)F)ccc2C)c1.